The maximum Gasteiger partial charge on any atom is 0.229 e. The molecular formula is C15H22N2O2. The third kappa shape index (κ3) is 3.78. The lowest BCUT2D eigenvalue weighted by Gasteiger charge is -2.27. The van der Waals surface area contributed by atoms with Gasteiger partial charge in [-0.2, -0.15) is 0 Å². The first-order valence-electron chi connectivity index (χ1n) is 6.94. The molecule has 1 fully saturated rings. The zero-order valence-electron chi connectivity index (χ0n) is 11.1. The molecule has 1 aromatic carbocycles. The summed E-state index contributed by atoms with van der Waals surface area (Å²) in [5.41, 5.74) is 6.69. The van der Waals surface area contributed by atoms with Crippen LogP contribution in [0.15, 0.2) is 30.3 Å². The van der Waals surface area contributed by atoms with E-state index in [-0.39, 0.29) is 24.0 Å². The van der Waals surface area contributed by atoms with Gasteiger partial charge in [-0.25, -0.2) is 0 Å². The summed E-state index contributed by atoms with van der Waals surface area (Å²) in [4.78, 5) is 12.3. The van der Waals surface area contributed by atoms with E-state index in [0.717, 1.165) is 31.2 Å². The molecule has 1 amide bonds. The fraction of sp³-hybridized carbons (Fsp3) is 0.533. The number of benzene rings is 1. The van der Waals surface area contributed by atoms with E-state index in [1.807, 2.05) is 30.3 Å². The predicted molar refractivity (Wildman–Crippen MR) is 74.6 cm³/mol. The van der Waals surface area contributed by atoms with Crippen LogP contribution in [0.5, 0.6) is 0 Å². The first-order valence-corrected chi connectivity index (χ1v) is 6.94. The van der Waals surface area contributed by atoms with Crippen LogP contribution in [-0.4, -0.2) is 29.7 Å². The zero-order chi connectivity index (χ0) is 13.7. The number of hydrogen-bond donors (Lipinski definition) is 3. The molecule has 1 aliphatic rings. The van der Waals surface area contributed by atoms with Crippen LogP contribution in [-0.2, 0) is 4.79 Å². The molecule has 0 aromatic heterocycles. The SMILES string of the molecule is NCC(C(=O)NC1CCC(O)CC1)c1ccccc1. The number of hydrogen-bond acceptors (Lipinski definition) is 3. The van der Waals surface area contributed by atoms with E-state index < -0.39 is 0 Å². The molecule has 1 aliphatic carbocycles. The van der Waals surface area contributed by atoms with Crippen molar-refractivity contribution in [3.8, 4) is 0 Å². The number of rotatable bonds is 4. The minimum atomic E-state index is -0.284. The second-order valence-electron chi connectivity index (χ2n) is 5.21. The molecule has 4 nitrogen and oxygen atoms in total. The highest BCUT2D eigenvalue weighted by Crippen LogP contribution is 2.20. The molecule has 2 rings (SSSR count). The summed E-state index contributed by atoms with van der Waals surface area (Å²) in [6.07, 6.45) is 3.03. The van der Waals surface area contributed by atoms with Crippen LogP contribution in [0, 0.1) is 0 Å². The van der Waals surface area contributed by atoms with Gasteiger partial charge < -0.3 is 16.2 Å². The lowest BCUT2D eigenvalue weighted by molar-refractivity contribution is -0.123. The number of nitrogens with one attached hydrogen (secondary N) is 1. The lowest BCUT2D eigenvalue weighted by atomic mass is 9.92. The Labute approximate surface area is 114 Å². The molecule has 0 heterocycles. The van der Waals surface area contributed by atoms with Gasteiger partial charge in [-0.3, -0.25) is 4.79 Å². The fourth-order valence-electron chi connectivity index (χ4n) is 2.60. The van der Waals surface area contributed by atoms with Crippen molar-refractivity contribution < 1.29 is 9.90 Å². The molecular weight excluding hydrogens is 240 g/mol. The standard InChI is InChI=1S/C15H22N2O2/c16-10-14(11-4-2-1-3-5-11)15(19)17-12-6-8-13(18)9-7-12/h1-5,12-14,18H,6-10,16H2,(H,17,19). The molecule has 4 heteroatoms. The summed E-state index contributed by atoms with van der Waals surface area (Å²) in [6, 6.07) is 9.81. The average Bonchev–Trinajstić information content (AvgIpc) is 2.43. The summed E-state index contributed by atoms with van der Waals surface area (Å²) in [7, 11) is 0. The van der Waals surface area contributed by atoms with Crippen molar-refractivity contribution in [2.24, 2.45) is 5.73 Å². The van der Waals surface area contributed by atoms with Gasteiger partial charge in [-0.15, -0.1) is 0 Å². The van der Waals surface area contributed by atoms with E-state index in [1.54, 1.807) is 0 Å². The first kappa shape index (κ1) is 14.0. The third-order valence-electron chi connectivity index (χ3n) is 3.80. The summed E-state index contributed by atoms with van der Waals surface area (Å²) in [6.45, 7) is 0.311. The van der Waals surface area contributed by atoms with Gasteiger partial charge in [-0.1, -0.05) is 30.3 Å². The molecule has 1 aromatic rings. The van der Waals surface area contributed by atoms with Gasteiger partial charge in [0.25, 0.3) is 0 Å². The highest BCUT2D eigenvalue weighted by atomic mass is 16.3. The minimum absolute atomic E-state index is 0.00455. The lowest BCUT2D eigenvalue weighted by Crippen LogP contribution is -2.42. The molecule has 0 radical (unpaired) electrons. The molecule has 19 heavy (non-hydrogen) atoms. The van der Waals surface area contributed by atoms with Crippen molar-refractivity contribution in [3.05, 3.63) is 35.9 Å². The van der Waals surface area contributed by atoms with Crippen molar-refractivity contribution in [2.75, 3.05) is 6.54 Å². The highest BCUT2D eigenvalue weighted by molar-refractivity contribution is 5.84. The molecule has 1 saturated carbocycles. The Kier molecular flexibility index (Phi) is 4.93. The highest BCUT2D eigenvalue weighted by Gasteiger charge is 2.24. The van der Waals surface area contributed by atoms with Crippen LogP contribution in [0.1, 0.15) is 37.2 Å². The van der Waals surface area contributed by atoms with Crippen LogP contribution in [0.3, 0.4) is 0 Å². The number of aliphatic hydroxyl groups is 1. The summed E-state index contributed by atoms with van der Waals surface area (Å²) in [5, 5.41) is 12.5. The van der Waals surface area contributed by atoms with E-state index in [1.165, 1.54) is 0 Å². The summed E-state index contributed by atoms with van der Waals surface area (Å²) >= 11 is 0. The maximum absolute atomic E-state index is 12.3. The Morgan fingerprint density at radius 2 is 1.89 bits per heavy atom. The van der Waals surface area contributed by atoms with Crippen LogP contribution < -0.4 is 11.1 Å². The van der Waals surface area contributed by atoms with E-state index in [9.17, 15) is 9.90 Å². The van der Waals surface area contributed by atoms with Gasteiger partial charge in [0.2, 0.25) is 5.91 Å². The van der Waals surface area contributed by atoms with Gasteiger partial charge in [0.15, 0.2) is 0 Å². The second kappa shape index (κ2) is 6.68. The van der Waals surface area contributed by atoms with Crippen LogP contribution in [0.2, 0.25) is 0 Å². The molecule has 1 unspecified atom stereocenters. The van der Waals surface area contributed by atoms with Crippen LogP contribution >= 0.6 is 0 Å². The second-order valence-corrected chi connectivity index (χ2v) is 5.21. The van der Waals surface area contributed by atoms with E-state index >= 15 is 0 Å². The van der Waals surface area contributed by atoms with Gasteiger partial charge in [-0.05, 0) is 31.2 Å². The Morgan fingerprint density at radius 1 is 1.26 bits per heavy atom. The number of nitrogens with two attached hydrogens (primary N) is 1. The van der Waals surface area contributed by atoms with E-state index in [2.05, 4.69) is 5.32 Å². The van der Waals surface area contributed by atoms with E-state index in [0.29, 0.717) is 6.54 Å². The largest absolute Gasteiger partial charge is 0.393 e. The Bertz CT molecular complexity index is 400. The molecule has 104 valence electrons. The first-order chi connectivity index (χ1) is 9.20. The van der Waals surface area contributed by atoms with Crippen LogP contribution in [0.4, 0.5) is 0 Å². The number of aliphatic hydroxyl groups excluding tert-OH is 1. The Morgan fingerprint density at radius 3 is 2.47 bits per heavy atom. The zero-order valence-corrected chi connectivity index (χ0v) is 11.1. The number of carbonyl (C=O) groups excluding carboxylic acids is 1. The smallest absolute Gasteiger partial charge is 0.229 e. The molecule has 0 bridgehead atoms. The van der Waals surface area contributed by atoms with Crippen molar-refractivity contribution in [3.63, 3.8) is 0 Å². The van der Waals surface area contributed by atoms with Crippen molar-refractivity contribution in [1.82, 2.24) is 5.32 Å². The maximum atomic E-state index is 12.3. The number of carbonyl (C=O) groups is 1. The molecule has 4 N–H and O–H groups in total. The van der Waals surface area contributed by atoms with Crippen molar-refractivity contribution in [2.45, 2.75) is 43.7 Å². The average molecular weight is 262 g/mol. The fourth-order valence-corrected chi connectivity index (χ4v) is 2.60. The normalized spacial score (nSPS) is 24.7. The molecule has 0 spiro atoms. The summed E-state index contributed by atoms with van der Waals surface area (Å²) < 4.78 is 0. The van der Waals surface area contributed by atoms with Gasteiger partial charge in [0.05, 0.1) is 12.0 Å². The topological polar surface area (TPSA) is 75.4 Å². The van der Waals surface area contributed by atoms with Gasteiger partial charge >= 0.3 is 0 Å². The number of amides is 1. The third-order valence-corrected chi connectivity index (χ3v) is 3.80. The van der Waals surface area contributed by atoms with Crippen molar-refractivity contribution in [1.29, 1.82) is 0 Å². The molecule has 0 aliphatic heterocycles. The minimum Gasteiger partial charge on any atom is -0.393 e. The molecule has 0 saturated heterocycles. The van der Waals surface area contributed by atoms with Gasteiger partial charge in [0, 0.05) is 12.6 Å². The van der Waals surface area contributed by atoms with E-state index in [4.69, 9.17) is 5.73 Å². The van der Waals surface area contributed by atoms with Gasteiger partial charge in [0.1, 0.15) is 0 Å². The Balaban J connectivity index is 1.94. The van der Waals surface area contributed by atoms with Crippen LogP contribution in [0.25, 0.3) is 0 Å². The van der Waals surface area contributed by atoms with Crippen molar-refractivity contribution >= 4 is 5.91 Å². The Hall–Kier alpha value is -1.39. The quantitative estimate of drug-likeness (QED) is 0.762. The predicted octanol–water partition coefficient (Wildman–Crippen LogP) is 1.15. The summed E-state index contributed by atoms with van der Waals surface area (Å²) in [5.74, 6) is -0.289. The molecule has 1 atom stereocenters. The monoisotopic (exact) mass is 262 g/mol.